The maximum atomic E-state index is 13.0. The van der Waals surface area contributed by atoms with Gasteiger partial charge in [-0.2, -0.15) is 0 Å². The third-order valence-corrected chi connectivity index (χ3v) is 5.20. The van der Waals surface area contributed by atoms with Gasteiger partial charge in [0.2, 0.25) is 0 Å². The largest absolute Gasteiger partial charge is 0.356 e. The van der Waals surface area contributed by atoms with Crippen molar-refractivity contribution in [2.24, 2.45) is 5.41 Å². The highest BCUT2D eigenvalue weighted by Gasteiger charge is 2.28. The Morgan fingerprint density at radius 3 is 2.45 bits per heavy atom. The Hall–Kier alpha value is -2.88. The van der Waals surface area contributed by atoms with Crippen molar-refractivity contribution in [3.63, 3.8) is 0 Å². The third kappa shape index (κ3) is 4.94. The van der Waals surface area contributed by atoms with Gasteiger partial charge in [0.1, 0.15) is 5.82 Å². The first-order valence-corrected chi connectivity index (χ1v) is 10.5. The summed E-state index contributed by atoms with van der Waals surface area (Å²) in [6.07, 6.45) is 2.37. The van der Waals surface area contributed by atoms with Gasteiger partial charge in [-0.15, -0.1) is 0 Å². The predicted octanol–water partition coefficient (Wildman–Crippen LogP) is 6.14. The monoisotopic (exact) mass is 389 g/mol. The van der Waals surface area contributed by atoms with Crippen LogP contribution in [0.4, 0.5) is 11.5 Å². The number of nitrogens with zero attached hydrogens (tertiary/aromatic N) is 2. The number of benzene rings is 2. The Labute approximate surface area is 174 Å². The highest BCUT2D eigenvalue weighted by atomic mass is 16.1. The first kappa shape index (κ1) is 20.8. The highest BCUT2D eigenvalue weighted by Crippen LogP contribution is 2.32. The number of carbonyl (C=O) groups excluding carboxylic acids is 1. The SMILES string of the molecule is CC.CC1(C)CCCN(c2cc(C(=O)Nc3ccccc3)c3ccccc3n2)C1. The number of anilines is 2. The van der Waals surface area contributed by atoms with Crippen LogP contribution in [0, 0.1) is 5.41 Å². The number of hydrogen-bond acceptors (Lipinski definition) is 3. The van der Waals surface area contributed by atoms with Crippen molar-refractivity contribution in [1.82, 2.24) is 4.98 Å². The summed E-state index contributed by atoms with van der Waals surface area (Å²) in [5.74, 6) is 0.789. The lowest BCUT2D eigenvalue weighted by Gasteiger charge is -2.39. The van der Waals surface area contributed by atoms with Crippen molar-refractivity contribution in [2.45, 2.75) is 40.5 Å². The van der Waals surface area contributed by atoms with E-state index < -0.39 is 0 Å². The molecule has 4 rings (SSSR count). The van der Waals surface area contributed by atoms with E-state index in [-0.39, 0.29) is 11.3 Å². The van der Waals surface area contributed by atoms with E-state index in [9.17, 15) is 4.79 Å². The molecule has 4 nitrogen and oxygen atoms in total. The van der Waals surface area contributed by atoms with E-state index in [0.29, 0.717) is 5.56 Å². The number of piperidine rings is 1. The summed E-state index contributed by atoms with van der Waals surface area (Å²) < 4.78 is 0. The molecule has 2 aromatic carbocycles. The zero-order valence-electron chi connectivity index (χ0n) is 17.9. The predicted molar refractivity (Wildman–Crippen MR) is 123 cm³/mol. The second-order valence-corrected chi connectivity index (χ2v) is 8.05. The van der Waals surface area contributed by atoms with E-state index in [2.05, 4.69) is 24.1 Å². The van der Waals surface area contributed by atoms with E-state index in [1.807, 2.05) is 74.5 Å². The molecule has 2 heterocycles. The molecule has 1 aromatic heterocycles. The maximum Gasteiger partial charge on any atom is 0.256 e. The molecule has 1 fully saturated rings. The summed E-state index contributed by atoms with van der Waals surface area (Å²) in [6, 6.07) is 19.4. The zero-order valence-corrected chi connectivity index (χ0v) is 17.9. The minimum absolute atomic E-state index is 0.0997. The van der Waals surface area contributed by atoms with Gasteiger partial charge >= 0.3 is 0 Å². The quantitative estimate of drug-likeness (QED) is 0.585. The average Bonchev–Trinajstić information content (AvgIpc) is 2.74. The Morgan fingerprint density at radius 1 is 1.03 bits per heavy atom. The molecule has 152 valence electrons. The molecule has 0 radical (unpaired) electrons. The van der Waals surface area contributed by atoms with E-state index in [1.165, 1.54) is 6.42 Å². The number of fused-ring (bicyclic) bond motifs is 1. The molecule has 4 heteroatoms. The highest BCUT2D eigenvalue weighted by molar-refractivity contribution is 6.13. The summed E-state index contributed by atoms with van der Waals surface area (Å²) in [4.78, 5) is 20.2. The standard InChI is InChI=1S/C23H25N3O.C2H6/c1-23(2)13-8-14-26(16-23)21-15-19(18-11-6-7-12-20(18)25-21)22(27)24-17-9-4-3-5-10-17;1-2/h3-7,9-12,15H,8,13-14,16H2,1-2H3,(H,24,27);1-2H3. The first-order valence-electron chi connectivity index (χ1n) is 10.5. The van der Waals surface area contributed by atoms with Crippen molar-refractivity contribution < 1.29 is 4.79 Å². The molecule has 0 bridgehead atoms. The number of hydrogen-bond donors (Lipinski definition) is 1. The molecule has 1 amide bonds. The molecular weight excluding hydrogens is 358 g/mol. The molecule has 0 atom stereocenters. The van der Waals surface area contributed by atoms with Gasteiger partial charge in [0.05, 0.1) is 11.1 Å². The Bertz CT molecular complexity index is 966. The molecular formula is C25H31N3O. The number of pyridine rings is 1. The van der Waals surface area contributed by atoms with Crippen molar-refractivity contribution in [3.05, 3.63) is 66.2 Å². The van der Waals surface area contributed by atoms with Gasteiger partial charge < -0.3 is 10.2 Å². The lowest BCUT2D eigenvalue weighted by Crippen LogP contribution is -2.40. The lowest BCUT2D eigenvalue weighted by molar-refractivity contribution is 0.102. The van der Waals surface area contributed by atoms with E-state index in [1.54, 1.807) is 0 Å². The Balaban J connectivity index is 0.00000117. The molecule has 0 saturated carbocycles. The van der Waals surface area contributed by atoms with Gasteiger partial charge in [-0.1, -0.05) is 64.1 Å². The molecule has 0 unspecified atom stereocenters. The van der Waals surface area contributed by atoms with E-state index in [0.717, 1.165) is 41.9 Å². The van der Waals surface area contributed by atoms with Gasteiger partial charge in [0, 0.05) is 24.2 Å². The lowest BCUT2D eigenvalue weighted by atomic mass is 9.84. The smallest absolute Gasteiger partial charge is 0.256 e. The summed E-state index contributed by atoms with van der Waals surface area (Å²) in [5, 5.41) is 3.89. The normalized spacial score (nSPS) is 15.4. The third-order valence-electron chi connectivity index (χ3n) is 5.20. The summed E-state index contributed by atoms with van der Waals surface area (Å²) in [7, 11) is 0. The molecule has 1 N–H and O–H groups in total. The van der Waals surface area contributed by atoms with Crippen LogP contribution in [-0.4, -0.2) is 24.0 Å². The first-order chi connectivity index (χ1) is 14.0. The van der Waals surface area contributed by atoms with E-state index >= 15 is 0 Å². The van der Waals surface area contributed by atoms with Crippen LogP contribution >= 0.6 is 0 Å². The minimum Gasteiger partial charge on any atom is -0.356 e. The van der Waals surface area contributed by atoms with Crippen LogP contribution in [-0.2, 0) is 0 Å². The fraction of sp³-hybridized carbons (Fsp3) is 0.360. The summed E-state index contributed by atoms with van der Waals surface area (Å²) >= 11 is 0. The number of aromatic nitrogens is 1. The summed E-state index contributed by atoms with van der Waals surface area (Å²) in [5.41, 5.74) is 2.58. The molecule has 1 saturated heterocycles. The van der Waals surface area contributed by atoms with Crippen LogP contribution in [0.25, 0.3) is 10.9 Å². The van der Waals surface area contributed by atoms with Crippen LogP contribution in [0.15, 0.2) is 60.7 Å². The minimum atomic E-state index is -0.0997. The van der Waals surface area contributed by atoms with Crippen LogP contribution in [0.3, 0.4) is 0 Å². The van der Waals surface area contributed by atoms with Crippen molar-refractivity contribution in [3.8, 4) is 0 Å². The second kappa shape index (κ2) is 9.08. The molecule has 0 spiro atoms. The maximum absolute atomic E-state index is 13.0. The number of rotatable bonds is 3. The molecule has 3 aromatic rings. The van der Waals surface area contributed by atoms with Crippen LogP contribution in [0.5, 0.6) is 0 Å². The van der Waals surface area contributed by atoms with E-state index in [4.69, 9.17) is 4.98 Å². The van der Waals surface area contributed by atoms with Gasteiger partial charge in [0.15, 0.2) is 0 Å². The molecule has 1 aliphatic rings. The number of carbonyl (C=O) groups is 1. The van der Waals surface area contributed by atoms with Crippen LogP contribution in [0.1, 0.15) is 50.9 Å². The van der Waals surface area contributed by atoms with Crippen molar-refractivity contribution in [2.75, 3.05) is 23.3 Å². The molecule has 29 heavy (non-hydrogen) atoms. The van der Waals surface area contributed by atoms with Gasteiger partial charge in [-0.3, -0.25) is 4.79 Å². The van der Waals surface area contributed by atoms with Crippen molar-refractivity contribution >= 4 is 28.3 Å². The Morgan fingerprint density at radius 2 is 1.72 bits per heavy atom. The molecule has 0 aliphatic carbocycles. The number of para-hydroxylation sites is 2. The number of amides is 1. The summed E-state index contributed by atoms with van der Waals surface area (Å²) in [6.45, 7) is 10.5. The topological polar surface area (TPSA) is 45.2 Å². The van der Waals surface area contributed by atoms with Crippen LogP contribution in [0.2, 0.25) is 0 Å². The second-order valence-electron chi connectivity index (χ2n) is 8.05. The molecule has 1 aliphatic heterocycles. The Kier molecular flexibility index (Phi) is 6.53. The van der Waals surface area contributed by atoms with Gasteiger partial charge in [-0.25, -0.2) is 4.98 Å². The fourth-order valence-electron chi connectivity index (χ4n) is 3.85. The average molecular weight is 390 g/mol. The van der Waals surface area contributed by atoms with Gasteiger partial charge in [0.25, 0.3) is 5.91 Å². The van der Waals surface area contributed by atoms with Gasteiger partial charge in [-0.05, 0) is 42.5 Å². The van der Waals surface area contributed by atoms with Crippen LogP contribution < -0.4 is 10.2 Å². The number of nitrogens with one attached hydrogen (secondary N) is 1. The fourth-order valence-corrected chi connectivity index (χ4v) is 3.85. The van der Waals surface area contributed by atoms with Crippen molar-refractivity contribution in [1.29, 1.82) is 0 Å². The zero-order chi connectivity index (χ0) is 20.9.